The van der Waals surface area contributed by atoms with Crippen molar-refractivity contribution in [1.29, 1.82) is 0 Å². The van der Waals surface area contributed by atoms with E-state index < -0.39 is 6.10 Å². The van der Waals surface area contributed by atoms with Crippen molar-refractivity contribution in [3.8, 4) is 0 Å². The van der Waals surface area contributed by atoms with Gasteiger partial charge in [0.05, 0.1) is 16.7 Å². The van der Waals surface area contributed by atoms with Gasteiger partial charge >= 0.3 is 0 Å². The highest BCUT2D eigenvalue weighted by atomic mass is 35.5. The lowest BCUT2D eigenvalue weighted by Gasteiger charge is -2.11. The molecule has 0 radical (unpaired) electrons. The maximum absolute atomic E-state index is 10.2. The minimum Gasteiger partial charge on any atom is -0.387 e. The Morgan fingerprint density at radius 2 is 2.22 bits per heavy atom. The highest BCUT2D eigenvalue weighted by molar-refractivity contribution is 7.05. The molecule has 0 saturated carbocycles. The average molecular weight is 283 g/mol. The molecule has 96 valence electrons. The third-order valence-corrected chi connectivity index (χ3v) is 4.06. The number of rotatable bonds is 4. The molecule has 1 atom stereocenters. The van der Waals surface area contributed by atoms with Crippen molar-refractivity contribution in [2.75, 3.05) is 0 Å². The SMILES string of the molecule is CCc1nnsc1C(O)Cc1ccc(C)cc1Cl. The number of aryl methyl sites for hydroxylation is 2. The predicted molar refractivity (Wildman–Crippen MR) is 74.1 cm³/mol. The van der Waals surface area contributed by atoms with Crippen LogP contribution in [0.4, 0.5) is 0 Å². The number of halogens is 1. The summed E-state index contributed by atoms with van der Waals surface area (Å²) >= 11 is 7.43. The summed E-state index contributed by atoms with van der Waals surface area (Å²) in [6.45, 7) is 4.00. The van der Waals surface area contributed by atoms with Gasteiger partial charge in [0, 0.05) is 11.4 Å². The molecule has 0 saturated heterocycles. The van der Waals surface area contributed by atoms with Crippen LogP contribution in [0.25, 0.3) is 0 Å². The van der Waals surface area contributed by atoms with Gasteiger partial charge in [-0.15, -0.1) is 5.10 Å². The van der Waals surface area contributed by atoms with Crippen LogP contribution in [0, 0.1) is 6.92 Å². The van der Waals surface area contributed by atoms with E-state index >= 15 is 0 Å². The number of hydrogen-bond acceptors (Lipinski definition) is 4. The van der Waals surface area contributed by atoms with Crippen LogP contribution in [0.3, 0.4) is 0 Å². The van der Waals surface area contributed by atoms with E-state index in [1.807, 2.05) is 32.0 Å². The first kappa shape index (κ1) is 13.5. The van der Waals surface area contributed by atoms with Crippen LogP contribution >= 0.6 is 23.1 Å². The molecule has 3 nitrogen and oxygen atoms in total. The molecule has 0 aliphatic rings. The molecule has 1 aromatic heterocycles. The maximum Gasteiger partial charge on any atom is 0.0957 e. The summed E-state index contributed by atoms with van der Waals surface area (Å²) < 4.78 is 3.89. The number of aliphatic hydroxyl groups excluding tert-OH is 1. The first-order valence-corrected chi connectivity index (χ1v) is 7.01. The van der Waals surface area contributed by atoms with Crippen molar-refractivity contribution in [3.05, 3.63) is 44.9 Å². The van der Waals surface area contributed by atoms with E-state index in [-0.39, 0.29) is 0 Å². The Kier molecular flexibility index (Phi) is 4.32. The van der Waals surface area contributed by atoms with Gasteiger partial charge in [-0.3, -0.25) is 0 Å². The summed E-state index contributed by atoms with van der Waals surface area (Å²) in [5, 5.41) is 14.9. The number of nitrogens with zero attached hydrogens (tertiary/aromatic N) is 2. The van der Waals surface area contributed by atoms with E-state index in [4.69, 9.17) is 11.6 Å². The quantitative estimate of drug-likeness (QED) is 0.935. The van der Waals surface area contributed by atoms with E-state index in [1.165, 1.54) is 11.5 Å². The Morgan fingerprint density at radius 1 is 1.44 bits per heavy atom. The van der Waals surface area contributed by atoms with Crippen LogP contribution in [0.2, 0.25) is 5.02 Å². The van der Waals surface area contributed by atoms with E-state index in [0.29, 0.717) is 11.4 Å². The standard InChI is InChI=1S/C13H15ClN2OS/c1-3-11-13(18-16-15-11)12(17)7-9-5-4-8(2)6-10(9)14/h4-6,12,17H,3,7H2,1-2H3. The zero-order valence-electron chi connectivity index (χ0n) is 10.4. The Morgan fingerprint density at radius 3 is 2.89 bits per heavy atom. The molecule has 0 aliphatic heterocycles. The van der Waals surface area contributed by atoms with E-state index in [0.717, 1.165) is 28.1 Å². The van der Waals surface area contributed by atoms with Gasteiger partial charge in [0.25, 0.3) is 0 Å². The minimum absolute atomic E-state index is 0.496. The predicted octanol–water partition coefficient (Wildman–Crippen LogP) is 3.34. The van der Waals surface area contributed by atoms with Gasteiger partial charge in [-0.05, 0) is 42.1 Å². The average Bonchev–Trinajstić information content (AvgIpc) is 2.81. The van der Waals surface area contributed by atoms with Crippen molar-refractivity contribution in [2.45, 2.75) is 32.8 Å². The Bertz CT molecular complexity index is 542. The first-order chi connectivity index (χ1) is 8.61. The topological polar surface area (TPSA) is 46.0 Å². The van der Waals surface area contributed by atoms with Crippen LogP contribution in [0.1, 0.15) is 34.7 Å². The second-order valence-electron chi connectivity index (χ2n) is 4.25. The van der Waals surface area contributed by atoms with Crippen molar-refractivity contribution >= 4 is 23.1 Å². The van der Waals surface area contributed by atoms with E-state index in [2.05, 4.69) is 9.59 Å². The van der Waals surface area contributed by atoms with Crippen molar-refractivity contribution in [3.63, 3.8) is 0 Å². The van der Waals surface area contributed by atoms with Crippen LogP contribution in [0.5, 0.6) is 0 Å². The molecular weight excluding hydrogens is 268 g/mol. The molecule has 0 bridgehead atoms. The number of aliphatic hydroxyl groups is 1. The Hall–Kier alpha value is -0.970. The summed E-state index contributed by atoms with van der Waals surface area (Å²) in [5.41, 5.74) is 2.94. The molecule has 0 amide bonds. The lowest BCUT2D eigenvalue weighted by atomic mass is 10.0. The molecular formula is C13H15ClN2OS. The van der Waals surface area contributed by atoms with Crippen LogP contribution in [-0.4, -0.2) is 14.7 Å². The molecule has 1 aromatic carbocycles. The molecule has 1 N–H and O–H groups in total. The molecule has 2 rings (SSSR count). The van der Waals surface area contributed by atoms with Gasteiger partial charge in [-0.2, -0.15) is 0 Å². The normalized spacial score (nSPS) is 12.7. The monoisotopic (exact) mass is 282 g/mol. The largest absolute Gasteiger partial charge is 0.387 e. The van der Waals surface area contributed by atoms with Crippen LogP contribution in [-0.2, 0) is 12.8 Å². The Labute approximate surface area is 116 Å². The van der Waals surface area contributed by atoms with Gasteiger partial charge in [0.15, 0.2) is 0 Å². The zero-order chi connectivity index (χ0) is 13.1. The molecule has 1 heterocycles. The molecule has 5 heteroatoms. The summed E-state index contributed by atoms with van der Waals surface area (Å²) in [7, 11) is 0. The number of benzene rings is 1. The highest BCUT2D eigenvalue weighted by Gasteiger charge is 2.17. The minimum atomic E-state index is -0.583. The fraction of sp³-hybridized carbons (Fsp3) is 0.385. The molecule has 0 aliphatic carbocycles. The molecule has 2 aromatic rings. The lowest BCUT2D eigenvalue weighted by molar-refractivity contribution is 0.181. The third kappa shape index (κ3) is 2.88. The van der Waals surface area contributed by atoms with Crippen molar-refractivity contribution in [1.82, 2.24) is 9.59 Å². The molecule has 1 unspecified atom stereocenters. The van der Waals surface area contributed by atoms with Gasteiger partial charge in [-0.1, -0.05) is 35.1 Å². The molecule has 0 fully saturated rings. The fourth-order valence-electron chi connectivity index (χ4n) is 1.83. The smallest absolute Gasteiger partial charge is 0.0957 e. The lowest BCUT2D eigenvalue weighted by Crippen LogP contribution is -2.03. The summed E-state index contributed by atoms with van der Waals surface area (Å²) in [6.07, 6.45) is 0.695. The maximum atomic E-state index is 10.2. The zero-order valence-corrected chi connectivity index (χ0v) is 11.9. The van der Waals surface area contributed by atoms with Crippen molar-refractivity contribution in [2.24, 2.45) is 0 Å². The van der Waals surface area contributed by atoms with E-state index in [9.17, 15) is 5.11 Å². The van der Waals surface area contributed by atoms with Gasteiger partial charge < -0.3 is 5.11 Å². The fourth-order valence-corrected chi connectivity index (χ4v) is 2.87. The molecule has 0 spiro atoms. The van der Waals surface area contributed by atoms with Gasteiger partial charge in [-0.25, -0.2) is 0 Å². The van der Waals surface area contributed by atoms with Crippen LogP contribution < -0.4 is 0 Å². The van der Waals surface area contributed by atoms with Gasteiger partial charge in [0.2, 0.25) is 0 Å². The van der Waals surface area contributed by atoms with Gasteiger partial charge in [0.1, 0.15) is 0 Å². The number of hydrogen-bond donors (Lipinski definition) is 1. The third-order valence-electron chi connectivity index (χ3n) is 2.84. The van der Waals surface area contributed by atoms with Crippen LogP contribution in [0.15, 0.2) is 18.2 Å². The molecule has 18 heavy (non-hydrogen) atoms. The van der Waals surface area contributed by atoms with Crippen molar-refractivity contribution < 1.29 is 5.11 Å². The Balaban J connectivity index is 2.18. The first-order valence-electron chi connectivity index (χ1n) is 5.86. The highest BCUT2D eigenvalue weighted by Crippen LogP contribution is 2.27. The second-order valence-corrected chi connectivity index (χ2v) is 5.45. The summed E-state index contributed by atoms with van der Waals surface area (Å²) in [4.78, 5) is 0.842. The number of aromatic nitrogens is 2. The summed E-state index contributed by atoms with van der Waals surface area (Å²) in [5.74, 6) is 0. The van der Waals surface area contributed by atoms with E-state index in [1.54, 1.807) is 0 Å². The second kappa shape index (κ2) is 5.78. The summed E-state index contributed by atoms with van der Waals surface area (Å²) in [6, 6.07) is 5.87.